The van der Waals surface area contributed by atoms with Crippen molar-refractivity contribution in [2.45, 2.75) is 90.4 Å². The lowest BCUT2D eigenvalue weighted by Gasteiger charge is -2.40. The van der Waals surface area contributed by atoms with Gasteiger partial charge < -0.3 is 19.3 Å². The molecule has 0 aromatic heterocycles. The van der Waals surface area contributed by atoms with Gasteiger partial charge in [0.2, 0.25) is 5.91 Å². The van der Waals surface area contributed by atoms with Gasteiger partial charge in [0.15, 0.2) is 0 Å². The molecule has 2 aliphatic heterocycles. The number of rotatable bonds is 5. The number of hydrogen-bond acceptors (Lipinski definition) is 4. The van der Waals surface area contributed by atoms with Crippen molar-refractivity contribution in [3.05, 3.63) is 0 Å². The first-order chi connectivity index (χ1) is 12.2. The molecule has 2 atom stereocenters. The summed E-state index contributed by atoms with van der Waals surface area (Å²) in [5, 5.41) is 0. The van der Waals surface area contributed by atoms with Gasteiger partial charge in [0, 0.05) is 26.1 Å². The number of hydrogen-bond donors (Lipinski definition) is 0. The fourth-order valence-electron chi connectivity index (χ4n) is 4.00. The van der Waals surface area contributed by atoms with Crippen LogP contribution in [0.3, 0.4) is 0 Å². The molecule has 6 nitrogen and oxygen atoms in total. The average Bonchev–Trinajstić information content (AvgIpc) is 2.95. The largest absolute Gasteiger partial charge is 0.444 e. The molecule has 2 aliphatic rings. The van der Waals surface area contributed by atoms with E-state index in [4.69, 9.17) is 9.47 Å². The summed E-state index contributed by atoms with van der Waals surface area (Å²) in [5.41, 5.74) is -0.733. The summed E-state index contributed by atoms with van der Waals surface area (Å²) in [5.74, 6) is 0.207. The van der Waals surface area contributed by atoms with Crippen LogP contribution in [-0.4, -0.2) is 65.3 Å². The molecule has 0 aromatic carbocycles. The van der Waals surface area contributed by atoms with Crippen LogP contribution in [0.25, 0.3) is 0 Å². The zero-order valence-corrected chi connectivity index (χ0v) is 17.2. The monoisotopic (exact) mass is 368 g/mol. The Hall–Kier alpha value is -1.30. The van der Waals surface area contributed by atoms with Crippen molar-refractivity contribution < 1.29 is 19.1 Å². The molecule has 0 aliphatic carbocycles. The summed E-state index contributed by atoms with van der Waals surface area (Å²) >= 11 is 0. The maximum Gasteiger partial charge on any atom is 0.410 e. The van der Waals surface area contributed by atoms with Crippen LogP contribution in [0, 0.1) is 0 Å². The second kappa shape index (κ2) is 8.59. The molecule has 6 heteroatoms. The number of carbonyl (C=O) groups excluding carboxylic acids is 2. The van der Waals surface area contributed by atoms with Crippen LogP contribution < -0.4 is 0 Å². The normalized spacial score (nSPS) is 26.2. The maximum absolute atomic E-state index is 12.4. The molecule has 0 bridgehead atoms. The van der Waals surface area contributed by atoms with Crippen molar-refractivity contribution >= 4 is 12.0 Å². The van der Waals surface area contributed by atoms with E-state index in [1.54, 1.807) is 4.90 Å². The van der Waals surface area contributed by atoms with Crippen LogP contribution in [0.2, 0.25) is 0 Å². The van der Waals surface area contributed by atoms with Crippen LogP contribution in [-0.2, 0) is 14.3 Å². The van der Waals surface area contributed by atoms with E-state index >= 15 is 0 Å². The average molecular weight is 369 g/mol. The van der Waals surface area contributed by atoms with Crippen molar-refractivity contribution in [3.63, 3.8) is 0 Å². The van der Waals surface area contributed by atoms with Gasteiger partial charge >= 0.3 is 6.09 Å². The number of likely N-dealkylation sites (tertiary alicyclic amines) is 1. The Kier molecular flexibility index (Phi) is 6.94. The summed E-state index contributed by atoms with van der Waals surface area (Å²) in [6.07, 6.45) is 5.01. The minimum atomic E-state index is -0.481. The second-order valence-electron chi connectivity index (χ2n) is 8.57. The third-order valence-corrected chi connectivity index (χ3v) is 5.33. The molecular formula is C20H36N2O4. The van der Waals surface area contributed by atoms with Gasteiger partial charge in [0.25, 0.3) is 0 Å². The minimum absolute atomic E-state index is 0.119. The highest BCUT2D eigenvalue weighted by atomic mass is 16.6. The first-order valence-electron chi connectivity index (χ1n) is 10.1. The second-order valence-corrected chi connectivity index (χ2v) is 8.57. The maximum atomic E-state index is 12.4. The number of piperidine rings is 1. The predicted molar refractivity (Wildman–Crippen MR) is 101 cm³/mol. The van der Waals surface area contributed by atoms with Gasteiger partial charge in [-0.25, -0.2) is 4.79 Å². The quantitative estimate of drug-likeness (QED) is 0.744. The summed E-state index contributed by atoms with van der Waals surface area (Å²) in [6.45, 7) is 12.5. The molecule has 0 unspecified atom stereocenters. The highest BCUT2D eigenvalue weighted by Gasteiger charge is 2.44. The summed E-state index contributed by atoms with van der Waals surface area (Å²) in [6, 6.07) is 0. The van der Waals surface area contributed by atoms with Crippen molar-refractivity contribution in [3.8, 4) is 0 Å². The van der Waals surface area contributed by atoms with E-state index in [1.165, 1.54) is 0 Å². The van der Waals surface area contributed by atoms with Gasteiger partial charge in [0.1, 0.15) is 5.60 Å². The Morgan fingerprint density at radius 3 is 2.54 bits per heavy atom. The van der Waals surface area contributed by atoms with Crippen LogP contribution >= 0.6 is 0 Å². The molecule has 0 aromatic rings. The minimum Gasteiger partial charge on any atom is -0.444 e. The topological polar surface area (TPSA) is 59.1 Å². The molecule has 2 amide bonds. The molecule has 2 saturated heterocycles. The van der Waals surface area contributed by atoms with Gasteiger partial charge in [-0.15, -0.1) is 0 Å². The number of ether oxygens (including phenoxy) is 2. The molecule has 26 heavy (non-hydrogen) atoms. The molecule has 1 spiro atoms. The van der Waals surface area contributed by atoms with Crippen LogP contribution in [0.5, 0.6) is 0 Å². The van der Waals surface area contributed by atoms with Gasteiger partial charge in [-0.1, -0.05) is 0 Å². The van der Waals surface area contributed by atoms with E-state index in [0.29, 0.717) is 13.0 Å². The van der Waals surface area contributed by atoms with E-state index in [1.807, 2.05) is 39.5 Å². The van der Waals surface area contributed by atoms with Crippen LogP contribution in [0.1, 0.15) is 73.1 Å². The highest BCUT2D eigenvalue weighted by molar-refractivity contribution is 5.76. The van der Waals surface area contributed by atoms with Crippen molar-refractivity contribution in [1.29, 1.82) is 0 Å². The lowest BCUT2D eigenvalue weighted by atomic mass is 9.90. The molecular weight excluding hydrogens is 332 g/mol. The predicted octanol–water partition coefficient (Wildman–Crippen LogP) is 3.58. The number of nitrogens with zero attached hydrogens (tertiary/aromatic N) is 2. The highest BCUT2D eigenvalue weighted by Crippen LogP contribution is 2.39. The van der Waals surface area contributed by atoms with E-state index < -0.39 is 5.60 Å². The number of amides is 2. The molecule has 150 valence electrons. The van der Waals surface area contributed by atoms with Crippen LogP contribution in [0.15, 0.2) is 0 Å². The van der Waals surface area contributed by atoms with Gasteiger partial charge in [0.05, 0.1) is 18.2 Å². The molecule has 2 fully saturated rings. The standard InChI is InChI=1S/C20H36N2O4/c1-6-21(7-2)17(23)10-9-16-11-13-20(25-16)12-8-14-22(15-20)18(24)26-19(3,4)5/h16H,6-15H2,1-5H3/t16-,20+/m0/s1. The Labute approximate surface area is 158 Å². The fourth-order valence-corrected chi connectivity index (χ4v) is 4.00. The zero-order chi connectivity index (χ0) is 19.4. The first-order valence-corrected chi connectivity index (χ1v) is 10.1. The first kappa shape index (κ1) is 21.0. The summed E-state index contributed by atoms with van der Waals surface area (Å²) in [7, 11) is 0. The third-order valence-electron chi connectivity index (χ3n) is 5.33. The SMILES string of the molecule is CCN(CC)C(=O)CC[C@H]1CC[C@@]2(CCCN(C(=O)OC(C)(C)C)C2)O1. The summed E-state index contributed by atoms with van der Waals surface area (Å²) < 4.78 is 11.9. The third kappa shape index (κ3) is 5.60. The molecule has 2 rings (SSSR count). The van der Waals surface area contributed by atoms with Gasteiger partial charge in [-0.2, -0.15) is 0 Å². The Morgan fingerprint density at radius 1 is 1.23 bits per heavy atom. The Bertz CT molecular complexity index is 499. The van der Waals surface area contributed by atoms with E-state index in [9.17, 15) is 9.59 Å². The summed E-state index contributed by atoms with van der Waals surface area (Å²) in [4.78, 5) is 28.3. The lowest BCUT2D eigenvalue weighted by molar-refractivity contribution is -0.132. The number of carbonyl (C=O) groups is 2. The molecule has 0 radical (unpaired) electrons. The lowest BCUT2D eigenvalue weighted by Crippen LogP contribution is -2.51. The molecule has 0 N–H and O–H groups in total. The van der Waals surface area contributed by atoms with E-state index in [0.717, 1.165) is 51.7 Å². The fraction of sp³-hybridized carbons (Fsp3) is 0.900. The van der Waals surface area contributed by atoms with Crippen molar-refractivity contribution in [2.24, 2.45) is 0 Å². The van der Waals surface area contributed by atoms with Crippen LogP contribution in [0.4, 0.5) is 4.79 Å². The smallest absolute Gasteiger partial charge is 0.410 e. The van der Waals surface area contributed by atoms with E-state index in [-0.39, 0.29) is 23.7 Å². The Morgan fingerprint density at radius 2 is 1.92 bits per heavy atom. The Balaban J connectivity index is 1.85. The molecule has 0 saturated carbocycles. The van der Waals surface area contributed by atoms with Gasteiger partial charge in [-0.05, 0) is 66.7 Å². The van der Waals surface area contributed by atoms with Crippen molar-refractivity contribution in [1.82, 2.24) is 9.80 Å². The molecule has 2 heterocycles. The van der Waals surface area contributed by atoms with Gasteiger partial charge in [-0.3, -0.25) is 4.79 Å². The van der Waals surface area contributed by atoms with E-state index in [2.05, 4.69) is 0 Å². The van der Waals surface area contributed by atoms with Crippen molar-refractivity contribution in [2.75, 3.05) is 26.2 Å². The zero-order valence-electron chi connectivity index (χ0n) is 17.2.